The Kier molecular flexibility index (Phi) is 7.13. The van der Waals surface area contributed by atoms with Crippen LogP contribution < -0.4 is 10.1 Å². The van der Waals surface area contributed by atoms with E-state index in [1.807, 2.05) is 48.5 Å². The molecule has 0 aliphatic heterocycles. The number of hydrogen-bond donors (Lipinski definition) is 1. The number of aryl methyl sites for hydroxylation is 2. The van der Waals surface area contributed by atoms with Crippen molar-refractivity contribution in [1.29, 1.82) is 0 Å². The average molecular weight is 346 g/mol. The molecule has 0 saturated heterocycles. The zero-order valence-electron chi connectivity index (χ0n) is 14.2. The number of para-hydroxylation sites is 1. The molecule has 0 fully saturated rings. The molecular formula is C20H24ClNO2. The second-order valence-corrected chi connectivity index (χ2v) is 6.18. The first-order valence-electron chi connectivity index (χ1n) is 8.37. The van der Waals surface area contributed by atoms with Crippen molar-refractivity contribution in [3.05, 3.63) is 64.7 Å². The molecule has 0 bridgehead atoms. The topological polar surface area (TPSA) is 38.3 Å². The van der Waals surface area contributed by atoms with E-state index >= 15 is 0 Å². The van der Waals surface area contributed by atoms with E-state index in [0.717, 1.165) is 35.6 Å². The Morgan fingerprint density at radius 2 is 1.88 bits per heavy atom. The van der Waals surface area contributed by atoms with Gasteiger partial charge in [-0.25, -0.2) is 0 Å². The summed E-state index contributed by atoms with van der Waals surface area (Å²) in [5, 5.41) is 3.67. The molecule has 3 nitrogen and oxygen atoms in total. The summed E-state index contributed by atoms with van der Waals surface area (Å²) in [6.07, 6.45) is 2.16. The van der Waals surface area contributed by atoms with Crippen molar-refractivity contribution in [2.45, 2.75) is 39.2 Å². The van der Waals surface area contributed by atoms with Crippen molar-refractivity contribution < 1.29 is 9.53 Å². The van der Waals surface area contributed by atoms with E-state index in [4.69, 9.17) is 16.3 Å². The number of benzene rings is 2. The lowest BCUT2D eigenvalue weighted by atomic mass is 10.1. The van der Waals surface area contributed by atoms with E-state index in [0.29, 0.717) is 6.54 Å². The highest BCUT2D eigenvalue weighted by atomic mass is 35.5. The largest absolute Gasteiger partial charge is 0.481 e. The molecule has 0 heterocycles. The van der Waals surface area contributed by atoms with Crippen molar-refractivity contribution in [1.82, 2.24) is 5.32 Å². The molecular weight excluding hydrogens is 322 g/mol. The molecule has 2 aromatic rings. The number of amides is 1. The van der Waals surface area contributed by atoms with Crippen LogP contribution in [0, 0.1) is 0 Å². The van der Waals surface area contributed by atoms with Gasteiger partial charge >= 0.3 is 0 Å². The number of nitrogens with one attached hydrogen (secondary N) is 1. The molecule has 4 heteroatoms. The molecule has 0 unspecified atom stereocenters. The van der Waals surface area contributed by atoms with E-state index in [1.165, 1.54) is 5.56 Å². The van der Waals surface area contributed by atoms with E-state index in [1.54, 1.807) is 6.92 Å². The van der Waals surface area contributed by atoms with Crippen LogP contribution in [0.25, 0.3) is 0 Å². The van der Waals surface area contributed by atoms with E-state index < -0.39 is 6.10 Å². The smallest absolute Gasteiger partial charge is 0.260 e. The summed E-state index contributed by atoms with van der Waals surface area (Å²) in [6, 6.07) is 15.6. The predicted octanol–water partition coefficient (Wildman–Crippen LogP) is 4.42. The number of hydrogen-bond acceptors (Lipinski definition) is 2. The highest BCUT2D eigenvalue weighted by Gasteiger charge is 2.15. The number of carbonyl (C=O) groups is 1. The molecule has 1 N–H and O–H groups in total. The molecule has 24 heavy (non-hydrogen) atoms. The fraction of sp³-hybridized carbons (Fsp3) is 0.350. The molecule has 0 spiro atoms. The number of rotatable bonds is 8. The summed E-state index contributed by atoms with van der Waals surface area (Å²) in [4.78, 5) is 12.1. The maximum Gasteiger partial charge on any atom is 0.260 e. The van der Waals surface area contributed by atoms with E-state index in [-0.39, 0.29) is 5.91 Å². The first-order valence-corrected chi connectivity index (χ1v) is 8.74. The van der Waals surface area contributed by atoms with Gasteiger partial charge in [-0.1, -0.05) is 48.9 Å². The zero-order chi connectivity index (χ0) is 17.4. The Morgan fingerprint density at radius 1 is 1.17 bits per heavy atom. The third-order valence-electron chi connectivity index (χ3n) is 3.88. The second kappa shape index (κ2) is 9.33. The van der Waals surface area contributed by atoms with E-state index in [2.05, 4.69) is 12.2 Å². The van der Waals surface area contributed by atoms with Crippen molar-refractivity contribution in [3.63, 3.8) is 0 Å². The summed E-state index contributed by atoms with van der Waals surface area (Å²) in [5.41, 5.74) is 2.33. The van der Waals surface area contributed by atoms with Gasteiger partial charge in [0.2, 0.25) is 0 Å². The van der Waals surface area contributed by atoms with Crippen LogP contribution in [-0.4, -0.2) is 18.6 Å². The van der Waals surface area contributed by atoms with Crippen LogP contribution >= 0.6 is 11.6 Å². The molecule has 0 aliphatic carbocycles. The van der Waals surface area contributed by atoms with Gasteiger partial charge in [0.25, 0.3) is 5.91 Å². The Labute approximate surface area is 149 Å². The van der Waals surface area contributed by atoms with Gasteiger partial charge in [0.1, 0.15) is 5.75 Å². The summed E-state index contributed by atoms with van der Waals surface area (Å²) >= 11 is 5.87. The van der Waals surface area contributed by atoms with Crippen LogP contribution in [0.3, 0.4) is 0 Å². The fourth-order valence-electron chi connectivity index (χ4n) is 2.45. The summed E-state index contributed by atoms with van der Waals surface area (Å²) in [7, 11) is 0. The van der Waals surface area contributed by atoms with Gasteiger partial charge in [-0.05, 0) is 55.5 Å². The Morgan fingerprint density at radius 3 is 2.58 bits per heavy atom. The summed E-state index contributed by atoms with van der Waals surface area (Å²) in [6.45, 7) is 4.48. The Bertz CT molecular complexity index is 655. The normalized spacial score (nSPS) is 11.8. The van der Waals surface area contributed by atoms with Crippen LogP contribution in [0.2, 0.25) is 5.02 Å². The summed E-state index contributed by atoms with van der Waals surface area (Å²) in [5.74, 6) is 0.695. The first-order chi connectivity index (χ1) is 11.6. The van der Waals surface area contributed by atoms with Gasteiger partial charge in [-0.15, -0.1) is 0 Å². The molecule has 0 saturated carbocycles. The number of carbonyl (C=O) groups excluding carboxylic acids is 1. The lowest BCUT2D eigenvalue weighted by Crippen LogP contribution is -2.37. The van der Waals surface area contributed by atoms with Gasteiger partial charge in [0.15, 0.2) is 6.10 Å². The third kappa shape index (κ3) is 5.57. The quantitative estimate of drug-likeness (QED) is 0.719. The molecule has 1 amide bonds. The maximum absolute atomic E-state index is 12.1. The third-order valence-corrected chi connectivity index (χ3v) is 4.13. The number of ether oxygens (including phenoxy) is 1. The minimum atomic E-state index is -0.506. The van der Waals surface area contributed by atoms with Crippen LogP contribution in [0.15, 0.2) is 48.5 Å². The maximum atomic E-state index is 12.1. The molecule has 2 rings (SSSR count). The highest BCUT2D eigenvalue weighted by molar-refractivity contribution is 6.30. The van der Waals surface area contributed by atoms with Crippen LogP contribution in [0.4, 0.5) is 0 Å². The average Bonchev–Trinajstić information content (AvgIpc) is 2.60. The fourth-order valence-corrected chi connectivity index (χ4v) is 2.58. The van der Waals surface area contributed by atoms with Gasteiger partial charge in [0.05, 0.1) is 0 Å². The first kappa shape index (κ1) is 18.3. The highest BCUT2D eigenvalue weighted by Crippen LogP contribution is 2.19. The van der Waals surface area contributed by atoms with Gasteiger partial charge in [-0.2, -0.15) is 0 Å². The van der Waals surface area contributed by atoms with Crippen LogP contribution in [0.5, 0.6) is 5.75 Å². The zero-order valence-corrected chi connectivity index (χ0v) is 15.0. The molecule has 2 aromatic carbocycles. The molecule has 0 aromatic heterocycles. The minimum absolute atomic E-state index is 0.0861. The van der Waals surface area contributed by atoms with Crippen molar-refractivity contribution in [2.75, 3.05) is 6.54 Å². The van der Waals surface area contributed by atoms with Crippen molar-refractivity contribution in [3.8, 4) is 5.75 Å². The summed E-state index contributed by atoms with van der Waals surface area (Å²) < 4.78 is 5.80. The second-order valence-electron chi connectivity index (χ2n) is 5.74. The number of halogens is 1. The Balaban J connectivity index is 1.74. The lowest BCUT2D eigenvalue weighted by Gasteiger charge is -2.16. The van der Waals surface area contributed by atoms with Crippen LogP contribution in [0.1, 0.15) is 31.4 Å². The molecule has 0 aliphatic rings. The minimum Gasteiger partial charge on any atom is -0.481 e. The Hall–Kier alpha value is -2.00. The monoisotopic (exact) mass is 345 g/mol. The molecule has 0 radical (unpaired) electrons. The van der Waals surface area contributed by atoms with Crippen molar-refractivity contribution in [2.24, 2.45) is 0 Å². The molecule has 1 atom stereocenters. The molecule has 128 valence electrons. The van der Waals surface area contributed by atoms with Crippen molar-refractivity contribution >= 4 is 17.5 Å². The SMILES string of the molecule is CCc1ccccc1O[C@H](C)C(=O)NCCCc1ccc(Cl)cc1. The lowest BCUT2D eigenvalue weighted by molar-refractivity contribution is -0.127. The predicted molar refractivity (Wildman–Crippen MR) is 98.7 cm³/mol. The van der Waals surface area contributed by atoms with Gasteiger partial charge in [-0.3, -0.25) is 4.79 Å². The standard InChI is InChI=1S/C20H24ClNO2/c1-3-17-8-4-5-9-19(17)24-15(2)20(23)22-14-6-7-16-10-12-18(21)13-11-16/h4-5,8-13,15H,3,6-7,14H2,1-2H3,(H,22,23)/t15-/m1/s1. The van der Waals surface area contributed by atoms with Gasteiger partial charge < -0.3 is 10.1 Å². The van der Waals surface area contributed by atoms with Gasteiger partial charge in [0, 0.05) is 11.6 Å². The van der Waals surface area contributed by atoms with Crippen LogP contribution in [-0.2, 0) is 17.6 Å². The van der Waals surface area contributed by atoms with E-state index in [9.17, 15) is 4.79 Å².